The molecule has 2 N–H and O–H groups in total. The van der Waals surface area contributed by atoms with E-state index in [4.69, 9.17) is 15.2 Å². The molecule has 1 saturated carbocycles. The molecule has 1 aromatic rings. The van der Waals surface area contributed by atoms with Gasteiger partial charge < -0.3 is 15.2 Å². The summed E-state index contributed by atoms with van der Waals surface area (Å²) in [6.07, 6.45) is 5.74. The van der Waals surface area contributed by atoms with Gasteiger partial charge in [0.1, 0.15) is 17.1 Å². The van der Waals surface area contributed by atoms with Crippen LogP contribution in [0.2, 0.25) is 0 Å². The summed E-state index contributed by atoms with van der Waals surface area (Å²) >= 11 is 0. The molecule has 1 heterocycles. The molecule has 17 heavy (non-hydrogen) atoms. The number of ether oxygens (including phenoxy) is 2. The van der Waals surface area contributed by atoms with Gasteiger partial charge in [-0.05, 0) is 31.7 Å². The van der Waals surface area contributed by atoms with E-state index in [2.05, 4.69) is 0 Å². The molecule has 0 radical (unpaired) electrons. The maximum Gasteiger partial charge on any atom is 0.128 e. The molecule has 1 spiro atoms. The molecule has 3 nitrogen and oxygen atoms in total. The lowest BCUT2D eigenvalue weighted by Crippen LogP contribution is -2.40. The minimum atomic E-state index is -0.00121. The lowest BCUT2D eigenvalue weighted by molar-refractivity contribution is 0.0424. The molecule has 2 aliphatic rings. The first-order chi connectivity index (χ1) is 8.22. The highest BCUT2D eigenvalue weighted by atomic mass is 16.5. The molecule has 0 unspecified atom stereocenters. The molecule has 1 aliphatic carbocycles. The molecule has 0 amide bonds. The van der Waals surface area contributed by atoms with Crippen LogP contribution in [0.15, 0.2) is 18.2 Å². The number of benzene rings is 1. The lowest BCUT2D eigenvalue weighted by Gasteiger charge is -2.38. The van der Waals surface area contributed by atoms with E-state index in [1.807, 2.05) is 18.2 Å². The Hall–Kier alpha value is -1.22. The number of methoxy groups -OCH3 is 1. The van der Waals surface area contributed by atoms with E-state index in [0.29, 0.717) is 0 Å². The fourth-order valence-corrected chi connectivity index (χ4v) is 3.15. The summed E-state index contributed by atoms with van der Waals surface area (Å²) in [4.78, 5) is 0. The summed E-state index contributed by atoms with van der Waals surface area (Å²) in [6, 6.07) is 6.05. The number of nitrogens with two attached hydrogens (primary N) is 1. The molecular formula is C14H19NO2. The van der Waals surface area contributed by atoms with Gasteiger partial charge in [0.2, 0.25) is 0 Å². The van der Waals surface area contributed by atoms with Crippen molar-refractivity contribution in [1.29, 1.82) is 0 Å². The van der Waals surface area contributed by atoms with Crippen molar-refractivity contribution in [3.63, 3.8) is 0 Å². The highest BCUT2D eigenvalue weighted by Gasteiger charge is 2.42. The van der Waals surface area contributed by atoms with E-state index in [-0.39, 0.29) is 11.6 Å². The van der Waals surface area contributed by atoms with Crippen molar-refractivity contribution in [2.75, 3.05) is 7.11 Å². The van der Waals surface area contributed by atoms with Crippen molar-refractivity contribution >= 4 is 0 Å². The third-order valence-electron chi connectivity index (χ3n) is 4.05. The largest absolute Gasteiger partial charge is 0.497 e. The van der Waals surface area contributed by atoms with Gasteiger partial charge in [0.15, 0.2) is 0 Å². The summed E-state index contributed by atoms with van der Waals surface area (Å²) < 4.78 is 11.5. The predicted octanol–water partition coefficient (Wildman–Crippen LogP) is 2.79. The van der Waals surface area contributed by atoms with Crippen molar-refractivity contribution in [1.82, 2.24) is 0 Å². The minimum absolute atomic E-state index is 0.00121. The SMILES string of the molecule is COc1ccc2c(c1)OC1(CCCC1)C[C@@H]2N. The molecule has 0 aromatic heterocycles. The topological polar surface area (TPSA) is 44.5 Å². The van der Waals surface area contributed by atoms with Crippen molar-refractivity contribution in [3.05, 3.63) is 23.8 Å². The monoisotopic (exact) mass is 233 g/mol. The van der Waals surface area contributed by atoms with Crippen LogP contribution in [0, 0.1) is 0 Å². The summed E-state index contributed by atoms with van der Waals surface area (Å²) in [5.41, 5.74) is 7.38. The van der Waals surface area contributed by atoms with Gasteiger partial charge >= 0.3 is 0 Å². The van der Waals surface area contributed by atoms with E-state index < -0.39 is 0 Å². The van der Waals surface area contributed by atoms with Gasteiger partial charge in [-0.25, -0.2) is 0 Å². The van der Waals surface area contributed by atoms with Crippen molar-refractivity contribution in [2.45, 2.75) is 43.7 Å². The van der Waals surface area contributed by atoms with Crippen LogP contribution in [0.4, 0.5) is 0 Å². The fourth-order valence-electron chi connectivity index (χ4n) is 3.15. The van der Waals surface area contributed by atoms with Crippen LogP contribution in [-0.4, -0.2) is 12.7 Å². The average molecular weight is 233 g/mol. The van der Waals surface area contributed by atoms with E-state index in [9.17, 15) is 0 Å². The van der Waals surface area contributed by atoms with Crippen molar-refractivity contribution < 1.29 is 9.47 Å². The van der Waals surface area contributed by atoms with Crippen LogP contribution >= 0.6 is 0 Å². The molecule has 92 valence electrons. The molecule has 3 heteroatoms. The second kappa shape index (κ2) is 3.91. The van der Waals surface area contributed by atoms with Crippen LogP contribution in [0.25, 0.3) is 0 Å². The van der Waals surface area contributed by atoms with E-state index in [0.717, 1.165) is 36.3 Å². The Morgan fingerprint density at radius 2 is 2.12 bits per heavy atom. The molecule has 0 bridgehead atoms. The van der Waals surface area contributed by atoms with Crippen LogP contribution in [0.1, 0.15) is 43.7 Å². The first kappa shape index (κ1) is 10.9. The standard InChI is InChI=1S/C14H19NO2/c1-16-10-4-5-11-12(15)9-14(6-2-3-7-14)17-13(11)8-10/h4-5,8,12H,2-3,6-7,9,15H2,1H3/t12-/m0/s1. The molecule has 1 aliphatic heterocycles. The van der Waals surface area contributed by atoms with Gasteiger partial charge in [-0.1, -0.05) is 6.07 Å². The number of fused-ring (bicyclic) bond motifs is 1. The smallest absolute Gasteiger partial charge is 0.128 e. The zero-order valence-corrected chi connectivity index (χ0v) is 10.2. The Balaban J connectivity index is 1.97. The number of hydrogen-bond acceptors (Lipinski definition) is 3. The van der Waals surface area contributed by atoms with Gasteiger partial charge in [0, 0.05) is 24.1 Å². The zero-order valence-electron chi connectivity index (χ0n) is 10.2. The van der Waals surface area contributed by atoms with Gasteiger partial charge in [-0.3, -0.25) is 0 Å². The predicted molar refractivity (Wildman–Crippen MR) is 66.4 cm³/mol. The lowest BCUT2D eigenvalue weighted by atomic mass is 9.86. The Kier molecular flexibility index (Phi) is 2.51. The van der Waals surface area contributed by atoms with Crippen LogP contribution in [-0.2, 0) is 0 Å². The Bertz CT molecular complexity index is 424. The molecule has 3 rings (SSSR count). The summed E-state index contributed by atoms with van der Waals surface area (Å²) in [5.74, 6) is 1.76. The molecule has 1 fully saturated rings. The summed E-state index contributed by atoms with van der Waals surface area (Å²) in [5, 5.41) is 0. The van der Waals surface area contributed by atoms with E-state index in [1.165, 1.54) is 12.8 Å². The number of rotatable bonds is 1. The van der Waals surface area contributed by atoms with E-state index in [1.54, 1.807) is 7.11 Å². The third kappa shape index (κ3) is 1.78. The Labute approximate surface area is 102 Å². The molecule has 0 saturated heterocycles. The first-order valence-corrected chi connectivity index (χ1v) is 6.35. The maximum absolute atomic E-state index is 6.27. The van der Waals surface area contributed by atoms with Gasteiger partial charge in [0.25, 0.3) is 0 Å². The zero-order chi connectivity index (χ0) is 11.9. The minimum Gasteiger partial charge on any atom is -0.497 e. The van der Waals surface area contributed by atoms with E-state index >= 15 is 0 Å². The number of hydrogen-bond donors (Lipinski definition) is 1. The highest BCUT2D eigenvalue weighted by Crippen LogP contribution is 2.47. The fraction of sp³-hybridized carbons (Fsp3) is 0.571. The second-order valence-corrected chi connectivity index (χ2v) is 5.21. The summed E-state index contributed by atoms with van der Waals surface area (Å²) in [6.45, 7) is 0. The second-order valence-electron chi connectivity index (χ2n) is 5.21. The average Bonchev–Trinajstić information content (AvgIpc) is 2.76. The van der Waals surface area contributed by atoms with Gasteiger partial charge in [-0.15, -0.1) is 0 Å². The van der Waals surface area contributed by atoms with Gasteiger partial charge in [-0.2, -0.15) is 0 Å². The first-order valence-electron chi connectivity index (χ1n) is 6.35. The van der Waals surface area contributed by atoms with Crippen LogP contribution < -0.4 is 15.2 Å². The molecule has 1 atom stereocenters. The Morgan fingerprint density at radius 1 is 1.35 bits per heavy atom. The van der Waals surface area contributed by atoms with Gasteiger partial charge in [0.05, 0.1) is 7.11 Å². The quantitative estimate of drug-likeness (QED) is 0.811. The molecule has 1 aromatic carbocycles. The highest BCUT2D eigenvalue weighted by molar-refractivity contribution is 5.44. The Morgan fingerprint density at radius 3 is 2.82 bits per heavy atom. The third-order valence-corrected chi connectivity index (χ3v) is 4.05. The van der Waals surface area contributed by atoms with Crippen molar-refractivity contribution in [2.24, 2.45) is 5.73 Å². The summed E-state index contributed by atoms with van der Waals surface area (Å²) in [7, 11) is 1.68. The maximum atomic E-state index is 6.27. The molecular weight excluding hydrogens is 214 g/mol. The van der Waals surface area contributed by atoms with Crippen molar-refractivity contribution in [3.8, 4) is 11.5 Å². The normalized spacial score (nSPS) is 25.4. The van der Waals surface area contributed by atoms with Crippen LogP contribution in [0.5, 0.6) is 11.5 Å². The van der Waals surface area contributed by atoms with Crippen LogP contribution in [0.3, 0.4) is 0 Å².